The van der Waals surface area contributed by atoms with Crippen molar-refractivity contribution in [3.63, 3.8) is 0 Å². The van der Waals surface area contributed by atoms with Crippen LogP contribution in [0.4, 0.5) is 11.4 Å². The molecule has 0 saturated heterocycles. The van der Waals surface area contributed by atoms with Crippen LogP contribution in [0, 0.1) is 6.92 Å². The molecule has 0 heterocycles. The molecular formula is C11H18N2. The van der Waals surface area contributed by atoms with Gasteiger partial charge in [-0.25, -0.2) is 0 Å². The minimum atomic E-state index is 0.500. The highest BCUT2D eigenvalue weighted by Crippen LogP contribution is 2.24. The highest BCUT2D eigenvalue weighted by molar-refractivity contribution is 5.64. The number of hydrogen-bond donors (Lipinski definition) is 1. The fraction of sp³-hybridized carbons (Fsp3) is 0.455. The largest absolute Gasteiger partial charge is 0.398 e. The van der Waals surface area contributed by atoms with Gasteiger partial charge in [-0.3, -0.25) is 0 Å². The Morgan fingerprint density at radius 3 is 2.46 bits per heavy atom. The first-order valence-electron chi connectivity index (χ1n) is 4.62. The molecule has 0 spiro atoms. The van der Waals surface area contributed by atoms with Gasteiger partial charge in [0.25, 0.3) is 0 Å². The molecule has 1 rings (SSSR count). The van der Waals surface area contributed by atoms with Crippen LogP contribution in [0.1, 0.15) is 19.4 Å². The lowest BCUT2D eigenvalue weighted by atomic mass is 10.1. The Hall–Kier alpha value is -1.18. The van der Waals surface area contributed by atoms with Gasteiger partial charge in [-0.2, -0.15) is 0 Å². The van der Waals surface area contributed by atoms with Crippen molar-refractivity contribution < 1.29 is 0 Å². The molecule has 0 aliphatic rings. The van der Waals surface area contributed by atoms with Crippen LogP contribution < -0.4 is 10.6 Å². The first-order chi connectivity index (χ1) is 6.04. The van der Waals surface area contributed by atoms with Gasteiger partial charge in [-0.05, 0) is 38.5 Å². The van der Waals surface area contributed by atoms with E-state index in [0.29, 0.717) is 6.04 Å². The molecule has 1 aromatic rings. The van der Waals surface area contributed by atoms with Gasteiger partial charge in [0, 0.05) is 24.5 Å². The number of nitrogen functional groups attached to an aromatic ring is 1. The summed E-state index contributed by atoms with van der Waals surface area (Å²) in [6, 6.07) is 6.54. The van der Waals surface area contributed by atoms with Crippen molar-refractivity contribution in [2.45, 2.75) is 26.8 Å². The molecule has 1 aromatic carbocycles. The zero-order valence-electron chi connectivity index (χ0n) is 8.83. The molecular weight excluding hydrogens is 160 g/mol. The van der Waals surface area contributed by atoms with Crippen molar-refractivity contribution >= 4 is 11.4 Å². The molecule has 0 aliphatic heterocycles. The minimum Gasteiger partial charge on any atom is -0.398 e. The summed E-state index contributed by atoms with van der Waals surface area (Å²) in [6.07, 6.45) is 0. The monoisotopic (exact) mass is 178 g/mol. The molecule has 72 valence electrons. The molecule has 13 heavy (non-hydrogen) atoms. The van der Waals surface area contributed by atoms with E-state index in [2.05, 4.69) is 38.8 Å². The average Bonchev–Trinajstić information content (AvgIpc) is 2.08. The Morgan fingerprint density at radius 1 is 1.31 bits per heavy atom. The first-order valence-corrected chi connectivity index (χ1v) is 4.62. The van der Waals surface area contributed by atoms with Gasteiger partial charge >= 0.3 is 0 Å². The second-order valence-corrected chi connectivity index (χ2v) is 3.70. The minimum absolute atomic E-state index is 0.500. The summed E-state index contributed by atoms with van der Waals surface area (Å²) in [5.74, 6) is 0. The Labute approximate surface area is 80.4 Å². The third-order valence-electron chi connectivity index (χ3n) is 2.50. The number of hydrogen-bond acceptors (Lipinski definition) is 2. The third kappa shape index (κ3) is 1.94. The average molecular weight is 178 g/mol. The van der Waals surface area contributed by atoms with E-state index in [0.717, 1.165) is 5.69 Å². The fourth-order valence-corrected chi connectivity index (χ4v) is 1.30. The van der Waals surface area contributed by atoms with E-state index in [4.69, 9.17) is 5.73 Å². The lowest BCUT2D eigenvalue weighted by Gasteiger charge is -2.26. The van der Waals surface area contributed by atoms with Gasteiger partial charge < -0.3 is 10.6 Å². The predicted molar refractivity (Wildman–Crippen MR) is 59.1 cm³/mol. The summed E-state index contributed by atoms with van der Waals surface area (Å²) in [5.41, 5.74) is 9.08. The maximum Gasteiger partial charge on any atom is 0.0416 e. The van der Waals surface area contributed by atoms with Crippen molar-refractivity contribution in [1.82, 2.24) is 0 Å². The Bertz CT molecular complexity index is 292. The Morgan fingerprint density at radius 2 is 1.92 bits per heavy atom. The van der Waals surface area contributed by atoms with E-state index in [1.54, 1.807) is 0 Å². The van der Waals surface area contributed by atoms with Crippen LogP contribution in [0.3, 0.4) is 0 Å². The molecule has 2 N–H and O–H groups in total. The van der Waals surface area contributed by atoms with Crippen molar-refractivity contribution in [2.75, 3.05) is 17.7 Å². The summed E-state index contributed by atoms with van der Waals surface area (Å²) in [4.78, 5) is 2.23. The van der Waals surface area contributed by atoms with Crippen LogP contribution in [0.2, 0.25) is 0 Å². The molecule has 2 nitrogen and oxygen atoms in total. The molecule has 0 amide bonds. The van der Waals surface area contributed by atoms with Gasteiger partial charge in [-0.1, -0.05) is 6.07 Å². The fourth-order valence-electron chi connectivity index (χ4n) is 1.30. The van der Waals surface area contributed by atoms with Crippen LogP contribution in [-0.2, 0) is 0 Å². The van der Waals surface area contributed by atoms with Crippen LogP contribution in [0.25, 0.3) is 0 Å². The number of nitrogens with two attached hydrogens (primary N) is 1. The number of anilines is 2. The standard InChI is InChI=1S/C11H18N2/c1-8(2)13(4)11-7-5-6-10(12)9(11)3/h5-8H,12H2,1-4H3. The molecule has 0 saturated carbocycles. The van der Waals surface area contributed by atoms with Gasteiger partial charge in [0.2, 0.25) is 0 Å². The lowest BCUT2D eigenvalue weighted by molar-refractivity contribution is 0.752. The molecule has 0 unspecified atom stereocenters. The first kappa shape index (κ1) is 9.90. The van der Waals surface area contributed by atoms with Crippen LogP contribution in [-0.4, -0.2) is 13.1 Å². The summed E-state index contributed by atoms with van der Waals surface area (Å²) < 4.78 is 0. The second kappa shape index (κ2) is 3.69. The summed E-state index contributed by atoms with van der Waals surface area (Å²) in [7, 11) is 2.09. The van der Waals surface area contributed by atoms with Gasteiger partial charge in [0.05, 0.1) is 0 Å². The van der Waals surface area contributed by atoms with E-state index in [1.165, 1.54) is 11.3 Å². The predicted octanol–water partition coefficient (Wildman–Crippen LogP) is 2.42. The van der Waals surface area contributed by atoms with Gasteiger partial charge in [0.15, 0.2) is 0 Å². The lowest BCUT2D eigenvalue weighted by Crippen LogP contribution is -2.26. The molecule has 0 atom stereocenters. The van der Waals surface area contributed by atoms with Crippen molar-refractivity contribution in [1.29, 1.82) is 0 Å². The highest BCUT2D eigenvalue weighted by Gasteiger charge is 2.08. The van der Waals surface area contributed by atoms with E-state index in [1.807, 2.05) is 12.1 Å². The summed E-state index contributed by atoms with van der Waals surface area (Å²) >= 11 is 0. The number of rotatable bonds is 2. The van der Waals surface area contributed by atoms with E-state index >= 15 is 0 Å². The zero-order chi connectivity index (χ0) is 10.0. The topological polar surface area (TPSA) is 29.3 Å². The SMILES string of the molecule is Cc1c(N)cccc1N(C)C(C)C. The summed E-state index contributed by atoms with van der Waals surface area (Å²) in [6.45, 7) is 6.40. The van der Waals surface area contributed by atoms with Crippen LogP contribution >= 0.6 is 0 Å². The van der Waals surface area contributed by atoms with Gasteiger partial charge in [-0.15, -0.1) is 0 Å². The van der Waals surface area contributed by atoms with Crippen LogP contribution in [0.15, 0.2) is 18.2 Å². The van der Waals surface area contributed by atoms with Crippen molar-refractivity contribution in [2.24, 2.45) is 0 Å². The molecule has 0 radical (unpaired) electrons. The smallest absolute Gasteiger partial charge is 0.0416 e. The van der Waals surface area contributed by atoms with Gasteiger partial charge in [0.1, 0.15) is 0 Å². The zero-order valence-corrected chi connectivity index (χ0v) is 8.83. The Kier molecular flexibility index (Phi) is 2.81. The molecule has 0 fully saturated rings. The highest BCUT2D eigenvalue weighted by atomic mass is 15.1. The number of benzene rings is 1. The molecule has 2 heteroatoms. The maximum absolute atomic E-state index is 5.83. The van der Waals surface area contributed by atoms with Crippen LogP contribution in [0.5, 0.6) is 0 Å². The van der Waals surface area contributed by atoms with Crippen molar-refractivity contribution in [3.05, 3.63) is 23.8 Å². The third-order valence-corrected chi connectivity index (χ3v) is 2.50. The molecule has 0 bridgehead atoms. The van der Waals surface area contributed by atoms with E-state index in [9.17, 15) is 0 Å². The number of nitrogens with zero attached hydrogens (tertiary/aromatic N) is 1. The van der Waals surface area contributed by atoms with E-state index in [-0.39, 0.29) is 0 Å². The molecule has 0 aliphatic carbocycles. The Balaban J connectivity index is 3.07. The summed E-state index contributed by atoms with van der Waals surface area (Å²) in [5, 5.41) is 0. The normalized spacial score (nSPS) is 10.5. The van der Waals surface area contributed by atoms with E-state index < -0.39 is 0 Å². The maximum atomic E-state index is 5.83. The molecule has 0 aromatic heterocycles. The quantitative estimate of drug-likeness (QED) is 0.705. The second-order valence-electron chi connectivity index (χ2n) is 3.70. The van der Waals surface area contributed by atoms with Crippen molar-refractivity contribution in [3.8, 4) is 0 Å².